The van der Waals surface area contributed by atoms with Gasteiger partial charge in [-0.25, -0.2) is 21.6 Å². The largest absolute Gasteiger partial charge is 0.438 e. The van der Waals surface area contributed by atoms with Gasteiger partial charge in [-0.15, -0.1) is 0 Å². The Morgan fingerprint density at radius 1 is 1.03 bits per heavy atom. The van der Waals surface area contributed by atoms with Gasteiger partial charge >= 0.3 is 0 Å². The van der Waals surface area contributed by atoms with E-state index < -0.39 is 31.5 Å². The van der Waals surface area contributed by atoms with Gasteiger partial charge in [-0.2, -0.15) is 4.31 Å². The summed E-state index contributed by atoms with van der Waals surface area (Å²) in [6, 6.07) is 8.48. The third-order valence-electron chi connectivity index (χ3n) is 4.29. The van der Waals surface area contributed by atoms with Crippen molar-refractivity contribution in [2.75, 3.05) is 7.05 Å². The van der Waals surface area contributed by atoms with E-state index in [1.807, 2.05) is 0 Å². The van der Waals surface area contributed by atoms with Crippen LogP contribution in [0.4, 0.5) is 0 Å². The molecule has 2 aromatic rings. The standard InChI is InChI=1S/C20H29N3O6S2/c1-14(2)23(6)31(27,28)16-9-7-15(8-10-16)13-21-19(24)17-11-12-18(29-17)30(25,26)22-20(3,4)5/h7-12,14,22H,13H2,1-6H3,(H,21,24). The molecule has 1 amide bonds. The average molecular weight is 472 g/mol. The lowest BCUT2D eigenvalue weighted by Crippen LogP contribution is -2.40. The van der Waals surface area contributed by atoms with Crippen LogP contribution in [0.5, 0.6) is 0 Å². The van der Waals surface area contributed by atoms with Gasteiger partial charge in [0.05, 0.1) is 4.90 Å². The normalized spacial score (nSPS) is 13.0. The highest BCUT2D eigenvalue weighted by Crippen LogP contribution is 2.18. The molecule has 0 atom stereocenters. The molecule has 0 saturated carbocycles. The molecule has 9 nitrogen and oxygen atoms in total. The molecule has 0 radical (unpaired) electrons. The number of hydrogen-bond donors (Lipinski definition) is 2. The average Bonchev–Trinajstić information content (AvgIpc) is 3.15. The van der Waals surface area contributed by atoms with E-state index in [4.69, 9.17) is 4.42 Å². The summed E-state index contributed by atoms with van der Waals surface area (Å²) >= 11 is 0. The third-order valence-corrected chi connectivity index (χ3v) is 7.97. The van der Waals surface area contributed by atoms with Crippen molar-refractivity contribution in [3.05, 3.63) is 47.7 Å². The van der Waals surface area contributed by atoms with E-state index in [2.05, 4.69) is 10.0 Å². The van der Waals surface area contributed by atoms with Crippen LogP contribution in [-0.2, 0) is 26.6 Å². The Morgan fingerprint density at radius 3 is 2.13 bits per heavy atom. The summed E-state index contributed by atoms with van der Waals surface area (Å²) < 4.78 is 58.5. The first-order chi connectivity index (χ1) is 14.1. The predicted octanol–water partition coefficient (Wildman–Crippen LogP) is 2.32. The molecule has 0 fully saturated rings. The van der Waals surface area contributed by atoms with Crippen molar-refractivity contribution in [3.63, 3.8) is 0 Å². The number of furan rings is 1. The molecular formula is C20H29N3O6S2. The van der Waals surface area contributed by atoms with Gasteiger partial charge in [0.25, 0.3) is 15.9 Å². The van der Waals surface area contributed by atoms with E-state index in [0.29, 0.717) is 5.56 Å². The molecule has 1 heterocycles. The Bertz CT molecular complexity index is 1130. The van der Waals surface area contributed by atoms with Crippen molar-refractivity contribution >= 4 is 26.0 Å². The van der Waals surface area contributed by atoms with Gasteiger partial charge in [0.15, 0.2) is 5.76 Å². The summed E-state index contributed by atoms with van der Waals surface area (Å²) in [6.07, 6.45) is 0. The first-order valence-electron chi connectivity index (χ1n) is 9.62. The molecule has 0 aliphatic carbocycles. The van der Waals surface area contributed by atoms with Gasteiger partial charge in [-0.05, 0) is 64.4 Å². The SMILES string of the molecule is CC(C)N(C)S(=O)(=O)c1ccc(CNC(=O)c2ccc(S(=O)(=O)NC(C)(C)C)o2)cc1. The van der Waals surface area contributed by atoms with Gasteiger partial charge in [0, 0.05) is 25.2 Å². The Balaban J connectivity index is 2.05. The van der Waals surface area contributed by atoms with Crippen LogP contribution in [0.1, 0.15) is 50.7 Å². The summed E-state index contributed by atoms with van der Waals surface area (Å²) in [6.45, 7) is 8.76. The highest BCUT2D eigenvalue weighted by atomic mass is 32.2. The number of sulfonamides is 2. The Morgan fingerprint density at radius 2 is 1.61 bits per heavy atom. The molecule has 31 heavy (non-hydrogen) atoms. The maximum atomic E-state index is 12.5. The summed E-state index contributed by atoms with van der Waals surface area (Å²) in [5, 5.41) is 2.27. The van der Waals surface area contributed by atoms with Gasteiger partial charge in [-0.3, -0.25) is 4.79 Å². The minimum Gasteiger partial charge on any atom is -0.438 e. The first kappa shape index (κ1) is 25.1. The molecule has 0 aliphatic heterocycles. The zero-order valence-corrected chi connectivity index (χ0v) is 20.1. The van der Waals surface area contributed by atoms with Crippen molar-refractivity contribution in [1.82, 2.24) is 14.3 Å². The topological polar surface area (TPSA) is 126 Å². The zero-order chi connectivity index (χ0) is 23.6. The molecule has 0 spiro atoms. The number of carbonyl (C=O) groups is 1. The number of nitrogens with one attached hydrogen (secondary N) is 2. The van der Waals surface area contributed by atoms with Crippen LogP contribution in [0.15, 0.2) is 50.8 Å². The van der Waals surface area contributed by atoms with Gasteiger partial charge in [0.1, 0.15) is 0 Å². The van der Waals surface area contributed by atoms with Gasteiger partial charge in [0.2, 0.25) is 15.1 Å². The van der Waals surface area contributed by atoms with Crippen LogP contribution >= 0.6 is 0 Å². The summed E-state index contributed by atoms with van der Waals surface area (Å²) in [4.78, 5) is 12.5. The number of nitrogens with zero attached hydrogens (tertiary/aromatic N) is 1. The molecule has 172 valence electrons. The quantitative estimate of drug-likeness (QED) is 0.608. The fourth-order valence-electron chi connectivity index (χ4n) is 2.53. The van der Waals surface area contributed by atoms with Crippen molar-refractivity contribution < 1.29 is 26.0 Å². The maximum Gasteiger partial charge on any atom is 0.287 e. The summed E-state index contributed by atoms with van der Waals surface area (Å²) in [7, 11) is -5.96. The van der Waals surface area contributed by atoms with Crippen LogP contribution in [0.2, 0.25) is 0 Å². The number of rotatable bonds is 8. The lowest BCUT2D eigenvalue weighted by molar-refractivity contribution is 0.0917. The molecular weight excluding hydrogens is 442 g/mol. The van der Waals surface area contributed by atoms with E-state index in [1.165, 1.54) is 35.6 Å². The van der Waals surface area contributed by atoms with Crippen LogP contribution in [0.3, 0.4) is 0 Å². The first-order valence-corrected chi connectivity index (χ1v) is 12.5. The van der Waals surface area contributed by atoms with Crippen molar-refractivity contribution in [1.29, 1.82) is 0 Å². The van der Waals surface area contributed by atoms with E-state index >= 15 is 0 Å². The van der Waals surface area contributed by atoms with E-state index in [9.17, 15) is 21.6 Å². The molecule has 0 unspecified atom stereocenters. The van der Waals surface area contributed by atoms with Crippen LogP contribution in [0, 0.1) is 0 Å². The van der Waals surface area contributed by atoms with Crippen molar-refractivity contribution in [2.24, 2.45) is 0 Å². The number of hydrogen-bond acceptors (Lipinski definition) is 6. The Labute approximate surface area is 183 Å². The minimum atomic E-state index is -3.89. The van der Waals surface area contributed by atoms with Crippen molar-refractivity contribution in [2.45, 2.75) is 62.7 Å². The van der Waals surface area contributed by atoms with Crippen LogP contribution in [-0.4, -0.2) is 45.7 Å². The monoisotopic (exact) mass is 471 g/mol. The molecule has 0 saturated heterocycles. The summed E-state index contributed by atoms with van der Waals surface area (Å²) in [5.74, 6) is -0.736. The van der Waals surface area contributed by atoms with Crippen molar-refractivity contribution in [3.8, 4) is 0 Å². The van der Waals surface area contributed by atoms with Crippen LogP contribution < -0.4 is 10.0 Å². The molecule has 2 N–H and O–H groups in total. The highest BCUT2D eigenvalue weighted by molar-refractivity contribution is 7.89. The molecule has 2 rings (SSSR count). The third kappa shape index (κ3) is 6.39. The minimum absolute atomic E-state index is 0.113. The lowest BCUT2D eigenvalue weighted by Gasteiger charge is -2.21. The fraction of sp³-hybridized carbons (Fsp3) is 0.450. The second kappa shape index (κ2) is 9.11. The van der Waals surface area contributed by atoms with E-state index in [-0.39, 0.29) is 28.3 Å². The van der Waals surface area contributed by atoms with Gasteiger partial charge < -0.3 is 9.73 Å². The zero-order valence-electron chi connectivity index (χ0n) is 18.5. The number of benzene rings is 1. The lowest BCUT2D eigenvalue weighted by atomic mass is 10.1. The molecule has 0 aliphatic rings. The van der Waals surface area contributed by atoms with E-state index in [0.717, 1.165) is 0 Å². The van der Waals surface area contributed by atoms with Gasteiger partial charge in [-0.1, -0.05) is 12.1 Å². The Kier molecular flexibility index (Phi) is 7.36. The van der Waals surface area contributed by atoms with Crippen LogP contribution in [0.25, 0.3) is 0 Å². The highest BCUT2D eigenvalue weighted by Gasteiger charge is 2.26. The Hall–Kier alpha value is -2.21. The van der Waals surface area contributed by atoms with E-state index in [1.54, 1.807) is 46.8 Å². The fourth-order valence-corrected chi connectivity index (χ4v) is 5.25. The second-order valence-corrected chi connectivity index (χ2v) is 12.0. The summed E-state index contributed by atoms with van der Waals surface area (Å²) in [5.41, 5.74) is -0.0224. The molecule has 11 heteroatoms. The smallest absolute Gasteiger partial charge is 0.287 e. The molecule has 1 aromatic heterocycles. The maximum absolute atomic E-state index is 12.5. The predicted molar refractivity (Wildman–Crippen MR) is 116 cm³/mol. The molecule has 1 aromatic carbocycles. The number of amides is 1. The molecule has 0 bridgehead atoms. The second-order valence-electron chi connectivity index (χ2n) is 8.42. The number of carbonyl (C=O) groups excluding carboxylic acids is 1.